The summed E-state index contributed by atoms with van der Waals surface area (Å²) in [7, 11) is 0. The SMILES string of the molecule is CC[C@H](O)CC[C@@H]1[C@H]2Cc3cccc(OCC(=O)OC4(C(=O)O)CC4)c3C[C@H]2C[C@H]1O. The number of carbonyl (C=O) groups excluding carboxylic acids is 1. The van der Waals surface area contributed by atoms with Gasteiger partial charge in [0, 0.05) is 12.8 Å². The average molecular weight is 433 g/mol. The van der Waals surface area contributed by atoms with Crippen LogP contribution in [-0.2, 0) is 27.2 Å². The highest BCUT2D eigenvalue weighted by Gasteiger charge is 2.54. The third kappa shape index (κ3) is 4.58. The molecular formula is C24H32O7. The summed E-state index contributed by atoms with van der Waals surface area (Å²) in [5, 5.41) is 29.8. The molecule has 0 radical (unpaired) electrons. The molecule has 0 aromatic heterocycles. The van der Waals surface area contributed by atoms with Gasteiger partial charge in [-0.1, -0.05) is 19.1 Å². The molecule has 0 aliphatic heterocycles. The minimum absolute atomic E-state index is 0.199. The molecule has 7 heteroatoms. The fourth-order valence-electron chi connectivity index (χ4n) is 5.39. The number of esters is 1. The largest absolute Gasteiger partial charge is 0.482 e. The van der Waals surface area contributed by atoms with Gasteiger partial charge in [0.15, 0.2) is 6.61 Å². The number of carboxylic acid groups (broad SMARTS) is 1. The van der Waals surface area contributed by atoms with Crippen LogP contribution in [0.2, 0.25) is 0 Å². The quantitative estimate of drug-likeness (QED) is 0.514. The molecule has 0 heterocycles. The van der Waals surface area contributed by atoms with E-state index in [0.717, 1.165) is 44.1 Å². The van der Waals surface area contributed by atoms with Crippen molar-refractivity contribution < 1.29 is 34.4 Å². The Morgan fingerprint density at radius 2 is 2.03 bits per heavy atom. The van der Waals surface area contributed by atoms with E-state index >= 15 is 0 Å². The maximum absolute atomic E-state index is 12.1. The van der Waals surface area contributed by atoms with Crippen LogP contribution in [0.25, 0.3) is 0 Å². The second kappa shape index (κ2) is 8.79. The first-order valence-electron chi connectivity index (χ1n) is 11.4. The van der Waals surface area contributed by atoms with Crippen molar-refractivity contribution in [3.05, 3.63) is 29.3 Å². The zero-order valence-electron chi connectivity index (χ0n) is 18.0. The van der Waals surface area contributed by atoms with Gasteiger partial charge < -0.3 is 24.8 Å². The predicted octanol–water partition coefficient (Wildman–Crippen LogP) is 2.49. The van der Waals surface area contributed by atoms with E-state index in [9.17, 15) is 19.8 Å². The Labute approximate surface area is 182 Å². The number of hydrogen-bond donors (Lipinski definition) is 3. The standard InChI is InChI=1S/C24H32O7/c1-2-16(25)6-7-17-18-10-14-4-3-5-21(19(14)11-15(18)12-20(17)26)30-13-22(27)31-24(8-9-24)23(28)29/h3-5,15-18,20,25-26H,2,6-13H2,1H3,(H,28,29)/t15-,16-,17+,18-,20+/m0/s1. The van der Waals surface area contributed by atoms with Gasteiger partial charge in [-0.05, 0) is 73.5 Å². The first-order chi connectivity index (χ1) is 14.8. The van der Waals surface area contributed by atoms with Gasteiger partial charge in [-0.15, -0.1) is 0 Å². The number of rotatable bonds is 9. The van der Waals surface area contributed by atoms with Crippen molar-refractivity contribution in [1.82, 2.24) is 0 Å². The van der Waals surface area contributed by atoms with Gasteiger partial charge >= 0.3 is 11.9 Å². The van der Waals surface area contributed by atoms with Gasteiger partial charge in [-0.2, -0.15) is 0 Å². The van der Waals surface area contributed by atoms with Gasteiger partial charge in [0.25, 0.3) is 0 Å². The summed E-state index contributed by atoms with van der Waals surface area (Å²) in [5.41, 5.74) is 0.883. The molecule has 5 atom stereocenters. The number of aliphatic hydroxyl groups excluding tert-OH is 2. The van der Waals surface area contributed by atoms with E-state index in [2.05, 4.69) is 6.07 Å². The topological polar surface area (TPSA) is 113 Å². The first-order valence-corrected chi connectivity index (χ1v) is 11.4. The molecule has 0 amide bonds. The van der Waals surface area contributed by atoms with Crippen LogP contribution in [0.4, 0.5) is 0 Å². The fraction of sp³-hybridized carbons (Fsp3) is 0.667. The molecule has 2 fully saturated rings. The third-order valence-corrected chi connectivity index (χ3v) is 7.40. The summed E-state index contributed by atoms with van der Waals surface area (Å²) < 4.78 is 10.9. The second-order valence-corrected chi connectivity index (χ2v) is 9.39. The molecule has 1 aromatic carbocycles. The van der Waals surface area contributed by atoms with Crippen molar-refractivity contribution in [2.24, 2.45) is 17.8 Å². The van der Waals surface area contributed by atoms with Crippen LogP contribution in [-0.4, -0.2) is 51.7 Å². The van der Waals surface area contributed by atoms with Crippen molar-refractivity contribution in [3.8, 4) is 5.75 Å². The van der Waals surface area contributed by atoms with Crippen LogP contribution in [0.1, 0.15) is 56.6 Å². The molecule has 0 bridgehead atoms. The van der Waals surface area contributed by atoms with E-state index < -0.39 is 17.5 Å². The normalized spacial score (nSPS) is 28.9. The predicted molar refractivity (Wildman–Crippen MR) is 112 cm³/mol. The monoisotopic (exact) mass is 432 g/mol. The highest BCUT2D eigenvalue weighted by Crippen LogP contribution is 2.48. The number of benzene rings is 1. The number of ether oxygens (including phenoxy) is 2. The average Bonchev–Trinajstić information content (AvgIpc) is 3.46. The number of aliphatic hydroxyl groups is 2. The summed E-state index contributed by atoms with van der Waals surface area (Å²) >= 11 is 0. The molecule has 2 saturated carbocycles. The van der Waals surface area contributed by atoms with Crippen LogP contribution >= 0.6 is 0 Å². The Kier molecular flexibility index (Phi) is 6.26. The van der Waals surface area contributed by atoms with E-state index in [4.69, 9.17) is 14.6 Å². The lowest BCUT2D eigenvalue weighted by atomic mass is 9.73. The van der Waals surface area contributed by atoms with Crippen molar-refractivity contribution >= 4 is 11.9 Å². The van der Waals surface area contributed by atoms with Crippen LogP contribution in [0.3, 0.4) is 0 Å². The molecule has 0 spiro atoms. The van der Waals surface area contributed by atoms with E-state index in [0.29, 0.717) is 30.4 Å². The molecule has 31 heavy (non-hydrogen) atoms. The lowest BCUT2D eigenvalue weighted by Crippen LogP contribution is -2.31. The molecule has 0 saturated heterocycles. The molecule has 1 aromatic rings. The maximum Gasteiger partial charge on any atom is 0.348 e. The number of fused-ring (bicyclic) bond motifs is 2. The Morgan fingerprint density at radius 1 is 1.26 bits per heavy atom. The Morgan fingerprint density at radius 3 is 2.71 bits per heavy atom. The van der Waals surface area contributed by atoms with E-state index in [1.54, 1.807) is 0 Å². The molecular weight excluding hydrogens is 400 g/mol. The minimum Gasteiger partial charge on any atom is -0.482 e. The zero-order chi connectivity index (χ0) is 22.2. The minimum atomic E-state index is -1.36. The van der Waals surface area contributed by atoms with Gasteiger partial charge in [0.2, 0.25) is 5.60 Å². The van der Waals surface area contributed by atoms with Crippen LogP contribution in [0, 0.1) is 17.8 Å². The van der Waals surface area contributed by atoms with Crippen LogP contribution in [0.15, 0.2) is 18.2 Å². The number of aliphatic carboxylic acids is 1. The van der Waals surface area contributed by atoms with Gasteiger partial charge in [-0.25, -0.2) is 9.59 Å². The lowest BCUT2D eigenvalue weighted by molar-refractivity contribution is -0.168. The Bertz CT molecular complexity index is 831. The van der Waals surface area contributed by atoms with Crippen molar-refractivity contribution in [1.29, 1.82) is 0 Å². The second-order valence-electron chi connectivity index (χ2n) is 9.39. The number of carbonyl (C=O) groups is 2. The fourth-order valence-corrected chi connectivity index (χ4v) is 5.39. The van der Waals surface area contributed by atoms with Crippen molar-refractivity contribution in [3.63, 3.8) is 0 Å². The molecule has 3 aliphatic carbocycles. The van der Waals surface area contributed by atoms with Gasteiger partial charge in [0.05, 0.1) is 12.2 Å². The highest BCUT2D eigenvalue weighted by molar-refractivity contribution is 5.85. The maximum atomic E-state index is 12.1. The molecule has 0 unspecified atom stereocenters. The molecule has 3 aliphatic rings. The van der Waals surface area contributed by atoms with Gasteiger partial charge in [-0.3, -0.25) is 0 Å². The van der Waals surface area contributed by atoms with Crippen molar-refractivity contribution in [2.45, 2.75) is 76.1 Å². The van der Waals surface area contributed by atoms with Gasteiger partial charge in [0.1, 0.15) is 5.75 Å². The molecule has 7 nitrogen and oxygen atoms in total. The van der Waals surface area contributed by atoms with E-state index in [1.807, 2.05) is 19.1 Å². The van der Waals surface area contributed by atoms with E-state index in [-0.39, 0.29) is 24.7 Å². The number of hydrogen-bond acceptors (Lipinski definition) is 6. The first kappa shape index (κ1) is 22.1. The smallest absolute Gasteiger partial charge is 0.348 e. The third-order valence-electron chi connectivity index (χ3n) is 7.40. The summed E-state index contributed by atoms with van der Waals surface area (Å²) in [4.78, 5) is 23.3. The molecule has 3 N–H and O–H groups in total. The van der Waals surface area contributed by atoms with E-state index in [1.165, 1.54) is 5.56 Å². The molecule has 170 valence electrons. The lowest BCUT2D eigenvalue weighted by Gasteiger charge is -2.32. The zero-order valence-corrected chi connectivity index (χ0v) is 18.0. The summed E-state index contributed by atoms with van der Waals surface area (Å²) in [6.45, 7) is 1.65. The van der Waals surface area contributed by atoms with Crippen LogP contribution < -0.4 is 4.74 Å². The van der Waals surface area contributed by atoms with Crippen molar-refractivity contribution in [2.75, 3.05) is 6.61 Å². The Hall–Kier alpha value is -2.12. The number of carboxylic acids is 1. The summed E-state index contributed by atoms with van der Waals surface area (Å²) in [6, 6.07) is 5.81. The highest BCUT2D eigenvalue weighted by atomic mass is 16.6. The summed E-state index contributed by atoms with van der Waals surface area (Å²) in [6.07, 6.45) is 4.70. The van der Waals surface area contributed by atoms with Crippen LogP contribution in [0.5, 0.6) is 5.75 Å². The molecule has 4 rings (SSSR count). The Balaban J connectivity index is 1.40. The summed E-state index contributed by atoms with van der Waals surface area (Å²) in [5.74, 6) is -0.208.